The van der Waals surface area contributed by atoms with Gasteiger partial charge in [0.05, 0.1) is 25.7 Å². The first-order valence-electron chi connectivity index (χ1n) is 14.1. The molecule has 0 aliphatic rings. The molecular weight excluding hydrogens is 543 g/mol. The maximum absolute atomic E-state index is 12.1. The summed E-state index contributed by atoms with van der Waals surface area (Å²) in [6.07, 6.45) is 10.2. The first-order valence-corrected chi connectivity index (χ1v) is 19.9. The number of nitrogens with zero attached hydrogens (tertiary/aromatic N) is 1. The van der Waals surface area contributed by atoms with Crippen molar-refractivity contribution < 1.29 is 32.3 Å². The van der Waals surface area contributed by atoms with Crippen LogP contribution in [0.5, 0.6) is 0 Å². The molecule has 0 saturated heterocycles. The van der Waals surface area contributed by atoms with Gasteiger partial charge in [-0.25, -0.2) is 4.98 Å². The molecule has 1 rings (SSSR count). The number of rotatable bonds is 16. The van der Waals surface area contributed by atoms with Gasteiger partial charge in [0, 0.05) is 20.6 Å². The molecule has 0 bridgehead atoms. The molecule has 0 radical (unpaired) electrons. The maximum Gasteiger partial charge on any atom is 0.308 e. The van der Waals surface area contributed by atoms with E-state index in [2.05, 4.69) is 72.7 Å². The molecule has 0 spiro atoms. The fraction of sp³-hybridized carbons (Fsp3) is 0.733. The second-order valence-corrected chi connectivity index (χ2v) is 22.8. The summed E-state index contributed by atoms with van der Waals surface area (Å²) in [4.78, 5) is 16.7. The molecule has 0 N–H and O–H groups in total. The van der Waals surface area contributed by atoms with Crippen LogP contribution >= 0.6 is 0 Å². The molecule has 0 aromatic carbocycles. The Morgan fingerprint density at radius 2 is 1.60 bits per heavy atom. The van der Waals surface area contributed by atoms with Crippen molar-refractivity contribution in [3.8, 4) is 0 Å². The Morgan fingerprint density at radius 3 is 2.12 bits per heavy atom. The van der Waals surface area contributed by atoms with E-state index >= 15 is 0 Å². The summed E-state index contributed by atoms with van der Waals surface area (Å²) in [5.74, 6) is 0.283. The second kappa shape index (κ2) is 15.6. The van der Waals surface area contributed by atoms with E-state index in [4.69, 9.17) is 27.5 Å². The zero-order valence-electron chi connectivity index (χ0n) is 27.3. The number of carbonyl (C=O) groups is 1. The van der Waals surface area contributed by atoms with E-state index < -0.39 is 16.6 Å². The van der Waals surface area contributed by atoms with Crippen molar-refractivity contribution in [1.29, 1.82) is 0 Å². The smallest absolute Gasteiger partial charge is 0.308 e. The highest BCUT2D eigenvalue weighted by molar-refractivity contribution is 6.74. The summed E-state index contributed by atoms with van der Waals surface area (Å²) in [6.45, 7) is 22.3. The van der Waals surface area contributed by atoms with Crippen molar-refractivity contribution in [3.63, 3.8) is 0 Å². The van der Waals surface area contributed by atoms with E-state index in [0.29, 0.717) is 25.3 Å². The molecule has 1 aromatic rings. The molecule has 1 aromatic heterocycles. The lowest BCUT2D eigenvalue weighted by Gasteiger charge is -2.39. The van der Waals surface area contributed by atoms with E-state index in [1.165, 1.54) is 7.11 Å². The van der Waals surface area contributed by atoms with Gasteiger partial charge in [-0.2, -0.15) is 0 Å². The van der Waals surface area contributed by atoms with Crippen LogP contribution in [0.25, 0.3) is 0 Å². The quantitative estimate of drug-likeness (QED) is 0.109. The van der Waals surface area contributed by atoms with E-state index in [9.17, 15) is 4.79 Å². The molecular formula is C30H55NO7Si2. The van der Waals surface area contributed by atoms with Crippen LogP contribution < -0.4 is 0 Å². The lowest BCUT2D eigenvalue weighted by Crippen LogP contribution is -2.45. The zero-order chi connectivity index (χ0) is 30.8. The molecule has 0 fully saturated rings. The molecule has 3 atom stereocenters. The van der Waals surface area contributed by atoms with Gasteiger partial charge in [0.25, 0.3) is 0 Å². The van der Waals surface area contributed by atoms with Crippen LogP contribution in [0.2, 0.25) is 36.3 Å². The number of allylic oxidation sites excluding steroid dienone is 2. The number of aromatic nitrogens is 1. The van der Waals surface area contributed by atoms with Gasteiger partial charge >= 0.3 is 5.97 Å². The van der Waals surface area contributed by atoms with Crippen molar-refractivity contribution >= 4 is 22.6 Å². The van der Waals surface area contributed by atoms with Gasteiger partial charge in [-0.3, -0.25) is 4.79 Å². The molecule has 10 heteroatoms. The zero-order valence-corrected chi connectivity index (χ0v) is 29.3. The fourth-order valence-electron chi connectivity index (χ4n) is 3.35. The van der Waals surface area contributed by atoms with Crippen LogP contribution in [0, 0.1) is 0 Å². The minimum Gasteiger partial charge on any atom is -0.469 e. The third kappa shape index (κ3) is 11.7. The first kappa shape index (κ1) is 36.5. The van der Waals surface area contributed by atoms with Crippen LogP contribution in [0.1, 0.15) is 78.5 Å². The Morgan fingerprint density at radius 1 is 0.975 bits per heavy atom. The summed E-state index contributed by atoms with van der Waals surface area (Å²) in [5.41, 5.74) is 0.744. The van der Waals surface area contributed by atoms with Crippen LogP contribution in [0.3, 0.4) is 0 Å². The van der Waals surface area contributed by atoms with Gasteiger partial charge in [-0.15, -0.1) is 0 Å². The Balaban J connectivity index is 2.78. The summed E-state index contributed by atoms with van der Waals surface area (Å²) in [7, 11) is 0.771. The predicted molar refractivity (Wildman–Crippen MR) is 165 cm³/mol. The molecule has 1 heterocycles. The van der Waals surface area contributed by atoms with Crippen molar-refractivity contribution in [3.05, 3.63) is 42.2 Å². The number of methoxy groups -OCH3 is 3. The Labute approximate surface area is 245 Å². The van der Waals surface area contributed by atoms with Gasteiger partial charge in [-0.1, -0.05) is 65.8 Å². The van der Waals surface area contributed by atoms with Crippen molar-refractivity contribution in [2.75, 3.05) is 21.3 Å². The lowest BCUT2D eigenvalue weighted by atomic mass is 10.1. The third-order valence-electron chi connectivity index (χ3n) is 8.16. The highest BCUT2D eigenvalue weighted by atomic mass is 28.4. The number of hydrogen-bond donors (Lipinski definition) is 0. The van der Waals surface area contributed by atoms with E-state index in [-0.39, 0.29) is 40.8 Å². The van der Waals surface area contributed by atoms with Crippen LogP contribution in [0.15, 0.2) is 35.0 Å². The third-order valence-corrected chi connectivity index (χ3v) is 17.2. The van der Waals surface area contributed by atoms with Gasteiger partial charge in [0.1, 0.15) is 24.7 Å². The Hall–Kier alpha value is -1.57. The van der Waals surface area contributed by atoms with Crippen molar-refractivity contribution in [1.82, 2.24) is 4.98 Å². The van der Waals surface area contributed by atoms with Gasteiger partial charge in [0.2, 0.25) is 5.89 Å². The van der Waals surface area contributed by atoms with Crippen LogP contribution in [-0.4, -0.2) is 61.1 Å². The number of ether oxygens (including phenoxy) is 3. The highest BCUT2D eigenvalue weighted by Gasteiger charge is 2.40. The van der Waals surface area contributed by atoms with Crippen LogP contribution in [0.4, 0.5) is 0 Å². The first-order chi connectivity index (χ1) is 18.4. The Kier molecular flexibility index (Phi) is 14.2. The fourth-order valence-corrected chi connectivity index (χ4v) is 5.64. The molecule has 0 saturated carbocycles. The summed E-state index contributed by atoms with van der Waals surface area (Å²) in [5, 5.41) is 0.153. The van der Waals surface area contributed by atoms with Gasteiger partial charge < -0.3 is 27.5 Å². The molecule has 0 unspecified atom stereocenters. The average Bonchev–Trinajstić information content (AvgIpc) is 3.31. The molecule has 40 heavy (non-hydrogen) atoms. The van der Waals surface area contributed by atoms with E-state index in [0.717, 1.165) is 5.69 Å². The standard InChI is InChI=1S/C30H55NO7Si2/c1-29(2,3)39(10,11)37-22-27-31-25(21-36-27)26(34-8)18-16-14-15-17-23(33-7)19-24(20-28(32)35-9)38-40(12,13)30(4,5)6/h14-17,21,23-24,26H,18-20,22H2,1-13H3/b16-14+,17-15+/t23-,24-,26-/m0/s1. The average molecular weight is 598 g/mol. The van der Waals surface area contributed by atoms with Crippen molar-refractivity contribution in [2.24, 2.45) is 0 Å². The largest absolute Gasteiger partial charge is 0.469 e. The summed E-state index contributed by atoms with van der Waals surface area (Å²) in [6, 6.07) is 0. The van der Waals surface area contributed by atoms with E-state index in [1.807, 2.05) is 24.3 Å². The maximum atomic E-state index is 12.1. The van der Waals surface area contributed by atoms with Crippen LogP contribution in [-0.2, 0) is 34.5 Å². The van der Waals surface area contributed by atoms with Gasteiger partial charge in [0.15, 0.2) is 16.6 Å². The molecule has 230 valence electrons. The number of hydrogen-bond acceptors (Lipinski definition) is 8. The Bertz CT molecular complexity index is 958. The molecule has 0 amide bonds. The topological polar surface area (TPSA) is 89.3 Å². The monoisotopic (exact) mass is 597 g/mol. The van der Waals surface area contributed by atoms with Gasteiger partial charge in [-0.05, 0) is 42.7 Å². The number of oxazole rings is 1. The van der Waals surface area contributed by atoms with Crippen molar-refractivity contribution in [2.45, 2.75) is 122 Å². The minimum absolute atomic E-state index is 0.0305. The normalized spacial score (nSPS) is 16.0. The molecule has 8 nitrogen and oxygen atoms in total. The minimum atomic E-state index is -2.08. The summed E-state index contributed by atoms with van der Waals surface area (Å²) >= 11 is 0. The molecule has 0 aliphatic carbocycles. The number of esters is 1. The SMILES string of the molecule is COC(=O)C[C@H](C[C@H](/C=C/C=C/C[C@H](OC)c1coc(CO[Si](C)(C)C(C)(C)C)n1)OC)O[Si](C)(C)C(C)(C)C. The van der Waals surface area contributed by atoms with E-state index in [1.54, 1.807) is 20.5 Å². The lowest BCUT2D eigenvalue weighted by molar-refractivity contribution is -0.142. The summed E-state index contributed by atoms with van der Waals surface area (Å²) < 4.78 is 34.7. The second-order valence-electron chi connectivity index (χ2n) is 13.3. The molecule has 0 aliphatic heterocycles. The number of carbonyl (C=O) groups excluding carboxylic acids is 1. The highest BCUT2D eigenvalue weighted by Crippen LogP contribution is 2.39. The predicted octanol–water partition coefficient (Wildman–Crippen LogP) is 7.75.